The van der Waals surface area contributed by atoms with Gasteiger partial charge in [0, 0.05) is 6.42 Å². The summed E-state index contributed by atoms with van der Waals surface area (Å²) in [4.78, 5) is 12.9. The fourth-order valence-corrected chi connectivity index (χ4v) is 6.22. The van der Waals surface area contributed by atoms with Gasteiger partial charge in [0.15, 0.2) is 6.29 Å². The van der Waals surface area contributed by atoms with Crippen molar-refractivity contribution in [3.8, 4) is 0 Å². The van der Waals surface area contributed by atoms with Gasteiger partial charge in [-0.15, -0.1) is 0 Å². The molecule has 0 spiro atoms. The quantitative estimate of drug-likeness (QED) is 0.0295. The predicted molar refractivity (Wildman–Crippen MR) is 212 cm³/mol. The molecule has 0 aromatic heterocycles. The van der Waals surface area contributed by atoms with Crippen LogP contribution < -0.4 is 5.32 Å². The zero-order valence-corrected chi connectivity index (χ0v) is 32.8. The fourth-order valence-electron chi connectivity index (χ4n) is 6.22. The lowest BCUT2D eigenvalue weighted by atomic mass is 9.99. The predicted octanol–water partition coefficient (Wildman–Crippen LogP) is 7.89. The van der Waals surface area contributed by atoms with E-state index in [4.69, 9.17) is 9.47 Å². The number of allylic oxidation sites excluding steroid dienone is 7. The number of ether oxygens (including phenoxy) is 2. The summed E-state index contributed by atoms with van der Waals surface area (Å²) in [6.45, 7) is 3.68. The molecule has 7 unspecified atom stereocenters. The van der Waals surface area contributed by atoms with Gasteiger partial charge in [-0.3, -0.25) is 4.79 Å². The Morgan fingerprint density at radius 3 is 1.67 bits per heavy atom. The third-order valence-electron chi connectivity index (χ3n) is 9.65. The Kier molecular flexibility index (Phi) is 31.2. The van der Waals surface area contributed by atoms with E-state index in [2.05, 4.69) is 55.6 Å². The number of rotatable bonds is 33. The number of aliphatic hydroxyl groups is 5. The van der Waals surface area contributed by atoms with Gasteiger partial charge >= 0.3 is 0 Å². The molecule has 0 aliphatic carbocycles. The first-order valence-electron chi connectivity index (χ1n) is 20.9. The van der Waals surface area contributed by atoms with Crippen molar-refractivity contribution in [1.82, 2.24) is 5.32 Å². The van der Waals surface area contributed by atoms with Crippen LogP contribution in [0.5, 0.6) is 0 Å². The van der Waals surface area contributed by atoms with Crippen LogP contribution in [0.4, 0.5) is 0 Å². The summed E-state index contributed by atoms with van der Waals surface area (Å²) in [7, 11) is 0. The van der Waals surface area contributed by atoms with Gasteiger partial charge in [-0.1, -0.05) is 146 Å². The van der Waals surface area contributed by atoms with Crippen LogP contribution in [0.15, 0.2) is 48.6 Å². The minimum atomic E-state index is -1.57. The van der Waals surface area contributed by atoms with Crippen LogP contribution in [0.25, 0.3) is 0 Å². The first kappa shape index (κ1) is 48.2. The van der Waals surface area contributed by atoms with Crippen molar-refractivity contribution in [2.75, 3.05) is 13.2 Å². The molecule has 0 radical (unpaired) electrons. The molecule has 1 amide bonds. The average Bonchev–Trinajstić information content (AvgIpc) is 3.14. The molecule has 1 heterocycles. The number of unbranched alkanes of at least 4 members (excludes halogenated alkanes) is 17. The van der Waals surface area contributed by atoms with Crippen molar-refractivity contribution in [2.45, 2.75) is 204 Å². The molecule has 52 heavy (non-hydrogen) atoms. The summed E-state index contributed by atoms with van der Waals surface area (Å²) < 4.78 is 11.1. The van der Waals surface area contributed by atoms with E-state index in [1.807, 2.05) is 6.08 Å². The lowest BCUT2D eigenvalue weighted by molar-refractivity contribution is -0.302. The molecule has 9 heteroatoms. The van der Waals surface area contributed by atoms with Crippen LogP contribution in [0.2, 0.25) is 0 Å². The molecule has 1 rings (SSSR count). The first-order valence-corrected chi connectivity index (χ1v) is 20.9. The maximum absolute atomic E-state index is 12.9. The molecule has 9 nitrogen and oxygen atoms in total. The molecule has 0 saturated carbocycles. The van der Waals surface area contributed by atoms with Crippen LogP contribution in [-0.4, -0.2) is 87.5 Å². The van der Waals surface area contributed by atoms with E-state index in [0.717, 1.165) is 64.2 Å². The third kappa shape index (κ3) is 24.5. The topological polar surface area (TPSA) is 149 Å². The highest BCUT2D eigenvalue weighted by Crippen LogP contribution is 2.22. The number of hydrogen-bond acceptors (Lipinski definition) is 8. The summed E-state index contributed by atoms with van der Waals surface area (Å²) >= 11 is 0. The van der Waals surface area contributed by atoms with E-state index in [0.29, 0.717) is 6.42 Å². The lowest BCUT2D eigenvalue weighted by Gasteiger charge is -2.40. The van der Waals surface area contributed by atoms with Gasteiger partial charge in [-0.05, 0) is 57.8 Å². The van der Waals surface area contributed by atoms with Crippen molar-refractivity contribution in [3.63, 3.8) is 0 Å². The highest BCUT2D eigenvalue weighted by Gasteiger charge is 2.44. The Balaban J connectivity index is 2.33. The molecule has 0 aromatic rings. The van der Waals surface area contributed by atoms with Gasteiger partial charge in [0.1, 0.15) is 24.4 Å². The van der Waals surface area contributed by atoms with Crippen LogP contribution in [-0.2, 0) is 14.3 Å². The van der Waals surface area contributed by atoms with Crippen LogP contribution in [0.3, 0.4) is 0 Å². The third-order valence-corrected chi connectivity index (χ3v) is 9.65. The zero-order valence-electron chi connectivity index (χ0n) is 32.8. The normalized spacial score (nSPS) is 22.3. The van der Waals surface area contributed by atoms with Gasteiger partial charge in [0.25, 0.3) is 0 Å². The van der Waals surface area contributed by atoms with Gasteiger partial charge in [-0.2, -0.15) is 0 Å². The van der Waals surface area contributed by atoms with Crippen molar-refractivity contribution in [2.24, 2.45) is 0 Å². The number of aliphatic hydroxyl groups excluding tert-OH is 5. The Hall–Kier alpha value is -1.85. The van der Waals surface area contributed by atoms with Crippen LogP contribution in [0, 0.1) is 0 Å². The second-order valence-electron chi connectivity index (χ2n) is 14.4. The van der Waals surface area contributed by atoms with Gasteiger partial charge in [0.05, 0.1) is 25.4 Å². The second-order valence-corrected chi connectivity index (χ2v) is 14.4. The molecular formula is C43H77NO8. The minimum Gasteiger partial charge on any atom is -0.394 e. The van der Waals surface area contributed by atoms with Crippen molar-refractivity contribution < 1.29 is 39.8 Å². The van der Waals surface area contributed by atoms with Crippen LogP contribution >= 0.6 is 0 Å². The Morgan fingerprint density at radius 1 is 0.654 bits per heavy atom. The molecule has 0 aromatic carbocycles. The standard InChI is InChI=1S/C43H77NO8/c1-3-5-7-9-11-13-14-15-16-17-18-19-20-21-22-23-24-25-27-29-31-33-39(47)44-36(37(46)32-30-28-26-12-10-8-6-4-2)35-51-43-42(50)41(49)40(48)38(34-45)52-43/h14-15,17-18,20-21,30,32,36-38,40-43,45-46,48-50H,3-13,16,19,22-29,31,33-35H2,1-2H3,(H,44,47)/b15-14-,18-17-,21-20-,32-30+. The molecule has 1 saturated heterocycles. The van der Waals surface area contributed by atoms with Gasteiger partial charge in [0.2, 0.25) is 5.91 Å². The summed E-state index contributed by atoms with van der Waals surface area (Å²) in [6, 6.07) is -0.809. The molecular weight excluding hydrogens is 658 g/mol. The molecule has 1 aliphatic rings. The van der Waals surface area contributed by atoms with Crippen molar-refractivity contribution in [3.05, 3.63) is 48.6 Å². The van der Waals surface area contributed by atoms with E-state index in [-0.39, 0.29) is 12.5 Å². The lowest BCUT2D eigenvalue weighted by Crippen LogP contribution is -2.60. The number of hydrogen-bond donors (Lipinski definition) is 6. The van der Waals surface area contributed by atoms with Crippen LogP contribution in [0.1, 0.15) is 162 Å². The Morgan fingerprint density at radius 2 is 1.13 bits per heavy atom. The van der Waals surface area contributed by atoms with Gasteiger partial charge < -0.3 is 40.3 Å². The minimum absolute atomic E-state index is 0.196. The number of nitrogens with one attached hydrogen (secondary N) is 1. The van der Waals surface area contributed by atoms with E-state index < -0.39 is 49.5 Å². The molecule has 302 valence electrons. The fraction of sp³-hybridized carbons (Fsp3) is 0.791. The van der Waals surface area contributed by atoms with Crippen molar-refractivity contribution in [1.29, 1.82) is 0 Å². The van der Waals surface area contributed by atoms with E-state index in [1.54, 1.807) is 6.08 Å². The SMILES string of the molecule is CCCCCCC/C=C\C/C=C\C/C=C\CCCCCCCCC(=O)NC(COC1OC(CO)C(O)C(O)C1O)C(O)/C=C/CCCCCCCC. The monoisotopic (exact) mass is 736 g/mol. The number of carbonyl (C=O) groups is 1. The zero-order chi connectivity index (χ0) is 38.1. The largest absolute Gasteiger partial charge is 0.394 e. The number of carbonyl (C=O) groups excluding carboxylic acids is 1. The molecule has 0 bridgehead atoms. The van der Waals surface area contributed by atoms with E-state index >= 15 is 0 Å². The summed E-state index contributed by atoms with van der Waals surface area (Å²) in [6.07, 6.45) is 34.5. The summed E-state index contributed by atoms with van der Waals surface area (Å²) in [5.41, 5.74) is 0. The maximum atomic E-state index is 12.9. The second kappa shape index (κ2) is 33.7. The summed E-state index contributed by atoms with van der Waals surface area (Å²) in [5, 5.41) is 53.8. The Bertz CT molecular complexity index is 951. The maximum Gasteiger partial charge on any atom is 0.220 e. The molecule has 6 N–H and O–H groups in total. The van der Waals surface area contributed by atoms with E-state index in [9.17, 15) is 30.3 Å². The van der Waals surface area contributed by atoms with Gasteiger partial charge in [-0.25, -0.2) is 0 Å². The summed E-state index contributed by atoms with van der Waals surface area (Å²) in [5.74, 6) is -0.196. The average molecular weight is 736 g/mol. The molecule has 1 aliphatic heterocycles. The number of amides is 1. The Labute approximate surface area is 316 Å². The molecule has 1 fully saturated rings. The smallest absolute Gasteiger partial charge is 0.220 e. The van der Waals surface area contributed by atoms with Crippen molar-refractivity contribution >= 4 is 5.91 Å². The highest BCUT2D eigenvalue weighted by atomic mass is 16.7. The van der Waals surface area contributed by atoms with E-state index in [1.165, 1.54) is 77.0 Å². The first-order chi connectivity index (χ1) is 25.3. The highest BCUT2D eigenvalue weighted by molar-refractivity contribution is 5.76. The molecule has 7 atom stereocenters.